The van der Waals surface area contributed by atoms with Gasteiger partial charge in [-0.1, -0.05) is 39.0 Å². The van der Waals surface area contributed by atoms with E-state index in [1.807, 2.05) is 0 Å². The van der Waals surface area contributed by atoms with Crippen LogP contribution in [0.15, 0.2) is 18.2 Å². The molecule has 0 aliphatic rings. The van der Waals surface area contributed by atoms with E-state index in [9.17, 15) is 4.79 Å². The van der Waals surface area contributed by atoms with Crippen molar-refractivity contribution < 1.29 is 9.90 Å². The molecule has 0 saturated heterocycles. The van der Waals surface area contributed by atoms with Crippen molar-refractivity contribution in [3.63, 3.8) is 0 Å². The molecule has 1 atom stereocenters. The van der Waals surface area contributed by atoms with Crippen molar-refractivity contribution in [3.8, 4) is 0 Å². The number of carboxylic acid groups (broad SMARTS) is 1. The van der Waals surface area contributed by atoms with Gasteiger partial charge in [0.25, 0.3) is 0 Å². The highest BCUT2D eigenvalue weighted by Gasteiger charge is 2.09. The Morgan fingerprint density at radius 1 is 1.32 bits per heavy atom. The Labute approximate surface area is 116 Å². The highest BCUT2D eigenvalue weighted by atomic mass is 16.4. The summed E-state index contributed by atoms with van der Waals surface area (Å²) in [4.78, 5) is 10.7. The maximum Gasteiger partial charge on any atom is 0.306 e. The molecule has 0 radical (unpaired) electrons. The van der Waals surface area contributed by atoms with Crippen LogP contribution in [0, 0.1) is 12.8 Å². The Morgan fingerprint density at radius 2 is 2.00 bits per heavy atom. The molecule has 1 rings (SSSR count). The average molecular weight is 263 g/mol. The summed E-state index contributed by atoms with van der Waals surface area (Å²) in [5.41, 5.74) is 3.93. The second kappa shape index (κ2) is 7.29. The number of carboxylic acids is 1. The molecule has 0 saturated carbocycles. The predicted molar refractivity (Wildman–Crippen MR) is 78.4 cm³/mol. The fraction of sp³-hybridized carbons (Fsp3) is 0.562. The summed E-state index contributed by atoms with van der Waals surface area (Å²) in [5.74, 6) is -0.471. The van der Waals surface area contributed by atoms with Crippen molar-refractivity contribution in [2.45, 2.75) is 46.6 Å². The maximum absolute atomic E-state index is 10.7. The predicted octanol–water partition coefficient (Wildman–Crippen LogP) is 3.32. The van der Waals surface area contributed by atoms with Crippen molar-refractivity contribution >= 4 is 5.97 Å². The second-order valence-corrected chi connectivity index (χ2v) is 5.55. The van der Waals surface area contributed by atoms with E-state index in [0.717, 1.165) is 13.1 Å². The van der Waals surface area contributed by atoms with Gasteiger partial charge in [-0.25, -0.2) is 0 Å². The molecule has 106 valence electrons. The zero-order valence-electron chi connectivity index (χ0n) is 12.4. The maximum atomic E-state index is 10.7. The van der Waals surface area contributed by atoms with E-state index in [1.54, 1.807) is 6.92 Å². The van der Waals surface area contributed by atoms with Crippen LogP contribution in [0.3, 0.4) is 0 Å². The zero-order chi connectivity index (χ0) is 14.4. The van der Waals surface area contributed by atoms with Crippen molar-refractivity contribution in [2.75, 3.05) is 6.54 Å². The number of hydrogen-bond donors (Lipinski definition) is 2. The molecular weight excluding hydrogens is 238 g/mol. The fourth-order valence-electron chi connectivity index (χ4n) is 1.91. The van der Waals surface area contributed by atoms with Gasteiger partial charge >= 0.3 is 5.97 Å². The van der Waals surface area contributed by atoms with E-state index < -0.39 is 5.97 Å². The summed E-state index contributed by atoms with van der Waals surface area (Å²) in [6, 6.07) is 6.58. The summed E-state index contributed by atoms with van der Waals surface area (Å²) in [5, 5.41) is 12.1. The molecule has 0 bridgehead atoms. The quantitative estimate of drug-likeness (QED) is 0.742. The van der Waals surface area contributed by atoms with Crippen LogP contribution < -0.4 is 5.32 Å². The van der Waals surface area contributed by atoms with Gasteiger partial charge in [0.15, 0.2) is 0 Å². The first-order valence-corrected chi connectivity index (χ1v) is 6.94. The number of carbonyl (C=O) groups is 1. The van der Waals surface area contributed by atoms with E-state index >= 15 is 0 Å². The van der Waals surface area contributed by atoms with Gasteiger partial charge in [0.05, 0.1) is 5.92 Å². The summed E-state index contributed by atoms with van der Waals surface area (Å²) in [7, 11) is 0. The number of hydrogen-bond acceptors (Lipinski definition) is 2. The Hall–Kier alpha value is -1.35. The first kappa shape index (κ1) is 15.7. The summed E-state index contributed by atoms with van der Waals surface area (Å²) in [6.45, 7) is 9.78. The van der Waals surface area contributed by atoms with E-state index in [-0.39, 0.29) is 5.92 Å². The van der Waals surface area contributed by atoms with Crippen LogP contribution >= 0.6 is 0 Å². The highest BCUT2D eigenvalue weighted by Crippen LogP contribution is 2.18. The smallest absolute Gasteiger partial charge is 0.306 e. The molecule has 0 aromatic heterocycles. The molecule has 0 fully saturated rings. The van der Waals surface area contributed by atoms with Gasteiger partial charge in [0.1, 0.15) is 0 Å². The molecule has 19 heavy (non-hydrogen) atoms. The van der Waals surface area contributed by atoms with Gasteiger partial charge in [-0.05, 0) is 42.5 Å². The Bertz CT molecular complexity index is 427. The largest absolute Gasteiger partial charge is 0.481 e. The number of aryl methyl sites for hydroxylation is 1. The standard InChI is InChI=1S/C16H25NO2/c1-11(2)14-6-5-12(3)15(9-14)10-17-8-7-13(4)16(18)19/h5-6,9,11,13,17H,7-8,10H2,1-4H3,(H,18,19). The van der Waals surface area contributed by atoms with E-state index in [1.165, 1.54) is 16.7 Å². The van der Waals surface area contributed by atoms with Gasteiger partial charge < -0.3 is 10.4 Å². The van der Waals surface area contributed by atoms with Crippen LogP contribution in [0.5, 0.6) is 0 Å². The van der Waals surface area contributed by atoms with Crippen LogP contribution in [0.2, 0.25) is 0 Å². The molecule has 3 nitrogen and oxygen atoms in total. The van der Waals surface area contributed by atoms with Crippen LogP contribution in [0.4, 0.5) is 0 Å². The van der Waals surface area contributed by atoms with Gasteiger partial charge in [-0.3, -0.25) is 4.79 Å². The molecule has 2 N–H and O–H groups in total. The van der Waals surface area contributed by atoms with Crippen LogP contribution in [-0.2, 0) is 11.3 Å². The molecule has 0 spiro atoms. The first-order valence-electron chi connectivity index (χ1n) is 6.94. The normalized spacial score (nSPS) is 12.7. The minimum Gasteiger partial charge on any atom is -0.481 e. The molecule has 1 aromatic rings. The average Bonchev–Trinajstić information content (AvgIpc) is 2.35. The Balaban J connectivity index is 2.49. The van der Waals surface area contributed by atoms with Gasteiger partial charge in [0.2, 0.25) is 0 Å². The Kier molecular flexibility index (Phi) is 6.03. The van der Waals surface area contributed by atoms with Crippen molar-refractivity contribution in [1.82, 2.24) is 5.32 Å². The van der Waals surface area contributed by atoms with Gasteiger partial charge in [-0.15, -0.1) is 0 Å². The SMILES string of the molecule is Cc1ccc(C(C)C)cc1CNCCC(C)C(=O)O. The molecule has 1 aromatic carbocycles. The highest BCUT2D eigenvalue weighted by molar-refractivity contribution is 5.69. The molecular formula is C16H25NO2. The monoisotopic (exact) mass is 263 g/mol. The fourth-order valence-corrected chi connectivity index (χ4v) is 1.91. The molecule has 0 heterocycles. The van der Waals surface area contributed by atoms with Crippen LogP contribution in [0.1, 0.15) is 49.8 Å². The number of benzene rings is 1. The van der Waals surface area contributed by atoms with Crippen LogP contribution in [0.25, 0.3) is 0 Å². The lowest BCUT2D eigenvalue weighted by molar-refractivity contribution is -0.141. The van der Waals surface area contributed by atoms with Crippen molar-refractivity contribution in [3.05, 3.63) is 34.9 Å². The molecule has 3 heteroatoms. The minimum absolute atomic E-state index is 0.282. The van der Waals surface area contributed by atoms with Gasteiger partial charge in [-0.2, -0.15) is 0 Å². The summed E-state index contributed by atoms with van der Waals surface area (Å²) >= 11 is 0. The lowest BCUT2D eigenvalue weighted by Crippen LogP contribution is -2.20. The lowest BCUT2D eigenvalue weighted by Gasteiger charge is -2.13. The molecule has 0 aliphatic heterocycles. The number of rotatable bonds is 7. The lowest BCUT2D eigenvalue weighted by atomic mass is 9.98. The summed E-state index contributed by atoms with van der Waals surface area (Å²) in [6.07, 6.45) is 0.665. The third-order valence-electron chi connectivity index (χ3n) is 3.53. The molecule has 1 unspecified atom stereocenters. The zero-order valence-corrected chi connectivity index (χ0v) is 12.4. The van der Waals surface area contributed by atoms with Gasteiger partial charge in [0, 0.05) is 6.54 Å². The third-order valence-corrected chi connectivity index (χ3v) is 3.53. The second-order valence-electron chi connectivity index (χ2n) is 5.55. The Morgan fingerprint density at radius 3 is 2.58 bits per heavy atom. The van der Waals surface area contributed by atoms with Crippen molar-refractivity contribution in [1.29, 1.82) is 0 Å². The topological polar surface area (TPSA) is 49.3 Å². The van der Waals surface area contributed by atoms with Crippen LogP contribution in [-0.4, -0.2) is 17.6 Å². The minimum atomic E-state index is -0.722. The first-order chi connectivity index (χ1) is 8.91. The van der Waals surface area contributed by atoms with Crippen molar-refractivity contribution in [2.24, 2.45) is 5.92 Å². The number of nitrogens with one attached hydrogen (secondary N) is 1. The van der Waals surface area contributed by atoms with E-state index in [0.29, 0.717) is 12.3 Å². The third kappa shape index (κ3) is 5.03. The van der Waals surface area contributed by atoms with E-state index in [2.05, 4.69) is 44.3 Å². The molecule has 0 amide bonds. The summed E-state index contributed by atoms with van der Waals surface area (Å²) < 4.78 is 0. The number of aliphatic carboxylic acids is 1. The molecule has 0 aliphatic carbocycles. The van der Waals surface area contributed by atoms with E-state index in [4.69, 9.17) is 5.11 Å².